The number of halogens is 1. The second-order valence-corrected chi connectivity index (χ2v) is 3.62. The van der Waals surface area contributed by atoms with E-state index in [0.29, 0.717) is 5.75 Å². The average molecular weight is 268 g/mol. The zero-order chi connectivity index (χ0) is 13.0. The summed E-state index contributed by atoms with van der Waals surface area (Å²) < 4.78 is 10.3. The molecule has 0 aliphatic heterocycles. The number of aliphatic hydroxyl groups is 1. The van der Waals surface area contributed by atoms with Gasteiger partial charge in [-0.2, -0.15) is 9.97 Å². The van der Waals surface area contributed by atoms with E-state index in [0.717, 1.165) is 5.56 Å². The topological polar surface area (TPSA) is 77.4 Å². The Labute approximate surface area is 108 Å². The minimum Gasteiger partial charge on any atom is -0.467 e. The molecule has 0 radical (unpaired) electrons. The SMILES string of the molecule is COc1nc(Cl)nc(Oc2cccc(CO)c2)n1. The van der Waals surface area contributed by atoms with Crippen molar-refractivity contribution in [3.05, 3.63) is 35.1 Å². The standard InChI is InChI=1S/C11H10ClN3O3/c1-17-10-13-9(12)14-11(15-10)18-8-4-2-3-7(5-8)6-16/h2-5,16H,6H2,1H3. The monoisotopic (exact) mass is 267 g/mol. The number of aliphatic hydroxyl groups excluding tert-OH is 1. The molecule has 6 nitrogen and oxygen atoms in total. The van der Waals surface area contributed by atoms with Crippen LogP contribution in [0, 0.1) is 0 Å². The number of rotatable bonds is 4. The molecule has 1 heterocycles. The number of hydrogen-bond acceptors (Lipinski definition) is 6. The summed E-state index contributed by atoms with van der Waals surface area (Å²) in [4.78, 5) is 11.4. The van der Waals surface area contributed by atoms with Gasteiger partial charge in [0.25, 0.3) is 0 Å². The zero-order valence-electron chi connectivity index (χ0n) is 9.50. The van der Waals surface area contributed by atoms with E-state index in [9.17, 15) is 0 Å². The lowest BCUT2D eigenvalue weighted by molar-refractivity contribution is 0.281. The molecule has 2 aromatic rings. The molecule has 7 heteroatoms. The highest BCUT2D eigenvalue weighted by Crippen LogP contribution is 2.21. The molecule has 0 atom stereocenters. The van der Waals surface area contributed by atoms with Crippen LogP contribution in [-0.4, -0.2) is 27.2 Å². The Morgan fingerprint density at radius 2 is 2.00 bits per heavy atom. The fourth-order valence-electron chi connectivity index (χ4n) is 1.26. The maximum absolute atomic E-state index is 9.02. The van der Waals surface area contributed by atoms with Crippen LogP contribution in [0.2, 0.25) is 5.28 Å². The fourth-order valence-corrected chi connectivity index (χ4v) is 1.41. The maximum atomic E-state index is 9.02. The van der Waals surface area contributed by atoms with E-state index < -0.39 is 0 Å². The third-order valence-electron chi connectivity index (χ3n) is 2.04. The highest BCUT2D eigenvalue weighted by Gasteiger charge is 2.07. The van der Waals surface area contributed by atoms with Crippen molar-refractivity contribution in [1.82, 2.24) is 15.0 Å². The summed E-state index contributed by atoms with van der Waals surface area (Å²) in [5.74, 6) is 0.492. The molecular formula is C11H10ClN3O3. The quantitative estimate of drug-likeness (QED) is 0.910. The summed E-state index contributed by atoms with van der Waals surface area (Å²) in [5, 5.41) is 9.00. The molecule has 0 saturated carbocycles. The van der Waals surface area contributed by atoms with E-state index in [-0.39, 0.29) is 23.9 Å². The van der Waals surface area contributed by atoms with E-state index >= 15 is 0 Å². The summed E-state index contributed by atoms with van der Waals surface area (Å²) in [5.41, 5.74) is 0.722. The molecule has 0 amide bonds. The van der Waals surface area contributed by atoms with Crippen molar-refractivity contribution < 1.29 is 14.6 Å². The number of hydrogen-bond donors (Lipinski definition) is 1. The van der Waals surface area contributed by atoms with E-state index in [4.69, 9.17) is 26.2 Å². The first-order valence-electron chi connectivity index (χ1n) is 5.04. The summed E-state index contributed by atoms with van der Waals surface area (Å²) in [7, 11) is 1.42. The van der Waals surface area contributed by atoms with Crippen LogP contribution in [0.1, 0.15) is 5.56 Å². The molecule has 0 aliphatic rings. The Kier molecular flexibility index (Phi) is 3.91. The summed E-state index contributed by atoms with van der Waals surface area (Å²) in [6.45, 7) is -0.0710. The van der Waals surface area contributed by atoms with E-state index in [1.807, 2.05) is 0 Å². The number of methoxy groups -OCH3 is 1. The minimum atomic E-state index is -0.0710. The van der Waals surface area contributed by atoms with Crippen LogP contribution in [0.4, 0.5) is 0 Å². The lowest BCUT2D eigenvalue weighted by atomic mass is 10.2. The zero-order valence-corrected chi connectivity index (χ0v) is 10.3. The Balaban J connectivity index is 2.24. The van der Waals surface area contributed by atoms with Gasteiger partial charge < -0.3 is 14.6 Å². The summed E-state index contributed by atoms with van der Waals surface area (Å²) >= 11 is 5.69. The first kappa shape index (κ1) is 12.5. The lowest BCUT2D eigenvalue weighted by Crippen LogP contribution is -1.98. The van der Waals surface area contributed by atoms with Crippen molar-refractivity contribution in [3.8, 4) is 17.8 Å². The molecule has 1 aromatic heterocycles. The van der Waals surface area contributed by atoms with Crippen molar-refractivity contribution in [1.29, 1.82) is 0 Å². The van der Waals surface area contributed by atoms with Crippen LogP contribution in [0.5, 0.6) is 17.8 Å². The van der Waals surface area contributed by atoms with Gasteiger partial charge in [-0.05, 0) is 29.3 Å². The van der Waals surface area contributed by atoms with Crippen LogP contribution in [0.3, 0.4) is 0 Å². The molecule has 1 aromatic carbocycles. The second kappa shape index (κ2) is 5.61. The van der Waals surface area contributed by atoms with E-state index in [1.165, 1.54) is 7.11 Å². The van der Waals surface area contributed by atoms with E-state index in [1.54, 1.807) is 24.3 Å². The van der Waals surface area contributed by atoms with Crippen molar-refractivity contribution in [2.24, 2.45) is 0 Å². The number of aromatic nitrogens is 3. The molecule has 0 aliphatic carbocycles. The summed E-state index contributed by atoms with van der Waals surface area (Å²) in [6.07, 6.45) is 0. The highest BCUT2D eigenvalue weighted by atomic mass is 35.5. The molecule has 0 unspecified atom stereocenters. The van der Waals surface area contributed by atoms with Crippen molar-refractivity contribution in [2.75, 3.05) is 7.11 Å². The number of ether oxygens (including phenoxy) is 2. The Morgan fingerprint density at radius 1 is 1.22 bits per heavy atom. The molecular weight excluding hydrogens is 258 g/mol. The molecule has 0 saturated heterocycles. The van der Waals surface area contributed by atoms with Crippen LogP contribution in [0.15, 0.2) is 24.3 Å². The van der Waals surface area contributed by atoms with Crippen molar-refractivity contribution in [2.45, 2.75) is 6.61 Å². The molecule has 0 spiro atoms. The van der Waals surface area contributed by atoms with Gasteiger partial charge in [-0.15, -0.1) is 4.98 Å². The highest BCUT2D eigenvalue weighted by molar-refractivity contribution is 6.28. The maximum Gasteiger partial charge on any atom is 0.329 e. The van der Waals surface area contributed by atoms with Gasteiger partial charge >= 0.3 is 12.0 Å². The van der Waals surface area contributed by atoms with Gasteiger partial charge in [-0.3, -0.25) is 0 Å². The second-order valence-electron chi connectivity index (χ2n) is 3.28. The van der Waals surface area contributed by atoms with Crippen molar-refractivity contribution in [3.63, 3.8) is 0 Å². The van der Waals surface area contributed by atoms with Gasteiger partial charge in [0.1, 0.15) is 5.75 Å². The molecule has 0 bridgehead atoms. The van der Waals surface area contributed by atoms with Gasteiger partial charge in [-0.25, -0.2) is 0 Å². The van der Waals surface area contributed by atoms with Crippen LogP contribution >= 0.6 is 11.6 Å². The third-order valence-corrected chi connectivity index (χ3v) is 2.21. The predicted octanol–water partition coefficient (Wildman–Crippen LogP) is 1.82. The fraction of sp³-hybridized carbons (Fsp3) is 0.182. The third kappa shape index (κ3) is 3.06. The average Bonchev–Trinajstić information content (AvgIpc) is 2.38. The van der Waals surface area contributed by atoms with Crippen LogP contribution < -0.4 is 9.47 Å². The first-order valence-corrected chi connectivity index (χ1v) is 5.42. The minimum absolute atomic E-state index is 0.0184. The Hall–Kier alpha value is -1.92. The first-order chi connectivity index (χ1) is 8.71. The van der Waals surface area contributed by atoms with Crippen LogP contribution in [0.25, 0.3) is 0 Å². The molecule has 1 N–H and O–H groups in total. The van der Waals surface area contributed by atoms with Gasteiger partial charge in [0.2, 0.25) is 5.28 Å². The summed E-state index contributed by atoms with van der Waals surface area (Å²) in [6, 6.07) is 7.01. The van der Waals surface area contributed by atoms with Crippen LogP contribution in [-0.2, 0) is 6.61 Å². The smallest absolute Gasteiger partial charge is 0.329 e. The van der Waals surface area contributed by atoms with Gasteiger partial charge in [0.05, 0.1) is 13.7 Å². The number of benzene rings is 1. The molecule has 0 fully saturated rings. The molecule has 2 rings (SSSR count). The number of nitrogens with zero attached hydrogens (tertiary/aromatic N) is 3. The Morgan fingerprint density at radius 3 is 2.72 bits per heavy atom. The van der Waals surface area contributed by atoms with Gasteiger partial charge in [0.15, 0.2) is 0 Å². The Bertz CT molecular complexity index is 551. The van der Waals surface area contributed by atoms with E-state index in [2.05, 4.69) is 15.0 Å². The van der Waals surface area contributed by atoms with Gasteiger partial charge in [0, 0.05) is 0 Å². The molecule has 18 heavy (non-hydrogen) atoms. The predicted molar refractivity (Wildman–Crippen MR) is 63.8 cm³/mol. The van der Waals surface area contributed by atoms with Gasteiger partial charge in [-0.1, -0.05) is 12.1 Å². The lowest BCUT2D eigenvalue weighted by Gasteiger charge is -2.06. The van der Waals surface area contributed by atoms with Crippen molar-refractivity contribution >= 4 is 11.6 Å². The largest absolute Gasteiger partial charge is 0.467 e. The molecule has 94 valence electrons. The normalized spacial score (nSPS) is 10.2.